The van der Waals surface area contributed by atoms with Gasteiger partial charge >= 0.3 is 19.8 Å². The lowest BCUT2D eigenvalue weighted by atomic mass is 10.3. The Morgan fingerprint density at radius 1 is 0.923 bits per heavy atom. The van der Waals surface area contributed by atoms with Crippen molar-refractivity contribution in [3.8, 4) is 0 Å². The zero-order valence-corrected chi connectivity index (χ0v) is 16.6. The van der Waals surface area contributed by atoms with E-state index in [-0.39, 0.29) is 19.8 Å². The summed E-state index contributed by atoms with van der Waals surface area (Å²) in [7, 11) is -3.91. The van der Waals surface area contributed by atoms with Gasteiger partial charge in [0.05, 0.1) is 19.8 Å². The number of rotatable bonds is 15. The Morgan fingerprint density at radius 2 is 1.38 bits per heavy atom. The number of phosphoric ester groups is 1. The second-order valence-corrected chi connectivity index (χ2v) is 7.15. The van der Waals surface area contributed by atoms with Crippen LogP contribution < -0.4 is 0 Å². The summed E-state index contributed by atoms with van der Waals surface area (Å²) in [4.78, 5) is 22.3. The van der Waals surface area contributed by atoms with Crippen molar-refractivity contribution >= 4 is 19.8 Å². The van der Waals surface area contributed by atoms with Gasteiger partial charge in [0.15, 0.2) is 0 Å². The van der Waals surface area contributed by atoms with Crippen molar-refractivity contribution in [1.29, 1.82) is 0 Å². The van der Waals surface area contributed by atoms with Gasteiger partial charge in [0.25, 0.3) is 0 Å². The van der Waals surface area contributed by atoms with Crippen molar-refractivity contribution < 1.29 is 37.2 Å². The second kappa shape index (κ2) is 13.7. The lowest BCUT2D eigenvalue weighted by Crippen LogP contribution is -2.21. The summed E-state index contributed by atoms with van der Waals surface area (Å²) in [6.07, 6.45) is 3.25. The van der Waals surface area contributed by atoms with E-state index < -0.39 is 32.0 Å². The van der Waals surface area contributed by atoms with Crippen LogP contribution in [0.4, 0.5) is 0 Å². The van der Waals surface area contributed by atoms with Gasteiger partial charge in [-0.2, -0.15) is 0 Å². The van der Waals surface area contributed by atoms with E-state index in [2.05, 4.69) is 13.2 Å². The average molecular weight is 392 g/mol. The molecule has 0 amide bonds. The smallest absolute Gasteiger partial charge is 0.457 e. The highest BCUT2D eigenvalue weighted by atomic mass is 31.2. The molecule has 26 heavy (non-hydrogen) atoms. The van der Waals surface area contributed by atoms with Gasteiger partial charge in [-0.1, -0.05) is 32.9 Å². The van der Waals surface area contributed by atoms with Crippen LogP contribution in [0.15, 0.2) is 25.3 Å². The maximum Gasteiger partial charge on any atom is 0.475 e. The minimum Gasteiger partial charge on any atom is -0.457 e. The highest BCUT2D eigenvalue weighted by Gasteiger charge is 2.29. The number of unbranched alkanes of at least 4 members (excludes halogenated alkanes) is 2. The lowest BCUT2D eigenvalue weighted by Gasteiger charge is -2.21. The Balaban J connectivity index is 4.64. The predicted octanol–water partition coefficient (Wildman–Crippen LogP) is 3.57. The third-order valence-electron chi connectivity index (χ3n) is 2.90. The van der Waals surface area contributed by atoms with Crippen LogP contribution in [0.25, 0.3) is 0 Å². The minimum absolute atomic E-state index is 0.187. The van der Waals surface area contributed by atoms with Gasteiger partial charge in [-0.15, -0.1) is 0 Å². The molecule has 0 fully saturated rings. The molecule has 0 N–H and O–H groups in total. The van der Waals surface area contributed by atoms with Gasteiger partial charge in [0.2, 0.25) is 0 Å². The molecule has 0 spiro atoms. The van der Waals surface area contributed by atoms with E-state index in [1.54, 1.807) is 13.8 Å². The quantitative estimate of drug-likeness (QED) is 0.181. The molecule has 0 saturated heterocycles. The Labute approximate surface area is 155 Å². The van der Waals surface area contributed by atoms with Crippen LogP contribution in [-0.4, -0.2) is 44.0 Å². The first-order valence-corrected chi connectivity index (χ1v) is 9.92. The van der Waals surface area contributed by atoms with Crippen LogP contribution in [0.5, 0.6) is 0 Å². The van der Waals surface area contributed by atoms with Gasteiger partial charge in [-0.25, -0.2) is 14.2 Å². The van der Waals surface area contributed by atoms with Crippen molar-refractivity contribution in [2.75, 3.05) is 19.8 Å². The lowest BCUT2D eigenvalue weighted by molar-refractivity contribution is -0.143. The topological polar surface area (TPSA) is 97.4 Å². The third kappa shape index (κ3) is 12.0. The van der Waals surface area contributed by atoms with Crippen molar-refractivity contribution in [2.45, 2.75) is 52.2 Å². The molecule has 2 unspecified atom stereocenters. The Morgan fingerprint density at radius 3 is 1.77 bits per heavy atom. The van der Waals surface area contributed by atoms with E-state index in [1.807, 2.05) is 6.92 Å². The zero-order valence-electron chi connectivity index (χ0n) is 15.7. The van der Waals surface area contributed by atoms with Crippen molar-refractivity contribution in [3.05, 3.63) is 25.3 Å². The SMILES string of the molecule is C=CC(=O)OC(C)COP(=O)(OCCCCC)OCC(C)OC(=O)C=C. The molecule has 9 heteroatoms. The van der Waals surface area contributed by atoms with E-state index >= 15 is 0 Å². The molecule has 0 rings (SSSR count). The van der Waals surface area contributed by atoms with E-state index in [0.717, 1.165) is 25.0 Å². The highest BCUT2D eigenvalue weighted by molar-refractivity contribution is 7.48. The number of carbonyl (C=O) groups excluding carboxylic acids is 2. The summed E-state index contributed by atoms with van der Waals surface area (Å²) in [5.41, 5.74) is 0. The predicted molar refractivity (Wildman–Crippen MR) is 96.5 cm³/mol. The fourth-order valence-corrected chi connectivity index (χ4v) is 2.95. The summed E-state index contributed by atoms with van der Waals surface area (Å²) < 4.78 is 38.3. The first-order valence-electron chi connectivity index (χ1n) is 8.46. The van der Waals surface area contributed by atoms with Crippen LogP contribution in [0.1, 0.15) is 40.0 Å². The van der Waals surface area contributed by atoms with E-state index in [0.29, 0.717) is 6.42 Å². The zero-order chi connectivity index (χ0) is 20.0. The van der Waals surface area contributed by atoms with Crippen molar-refractivity contribution in [2.24, 2.45) is 0 Å². The van der Waals surface area contributed by atoms with Gasteiger partial charge in [-0.3, -0.25) is 13.6 Å². The Hall–Kier alpha value is -1.47. The highest BCUT2D eigenvalue weighted by Crippen LogP contribution is 2.50. The molecule has 8 nitrogen and oxygen atoms in total. The monoisotopic (exact) mass is 392 g/mol. The molecular formula is C17H29O8P. The average Bonchev–Trinajstić information content (AvgIpc) is 2.62. The molecular weight excluding hydrogens is 363 g/mol. The number of hydrogen-bond acceptors (Lipinski definition) is 8. The molecule has 0 radical (unpaired) electrons. The summed E-state index contributed by atoms with van der Waals surface area (Å²) in [5.74, 6) is -1.24. The van der Waals surface area contributed by atoms with Crippen molar-refractivity contribution in [3.63, 3.8) is 0 Å². The third-order valence-corrected chi connectivity index (χ3v) is 4.33. The minimum atomic E-state index is -3.91. The number of ether oxygens (including phenoxy) is 2. The number of hydrogen-bond donors (Lipinski definition) is 0. The second-order valence-electron chi connectivity index (χ2n) is 5.48. The maximum atomic E-state index is 12.7. The van der Waals surface area contributed by atoms with Crippen LogP contribution >= 0.6 is 7.82 Å². The molecule has 2 atom stereocenters. The molecule has 0 aromatic rings. The first-order chi connectivity index (χ1) is 12.3. The maximum absolute atomic E-state index is 12.7. The van der Waals surface area contributed by atoms with Crippen molar-refractivity contribution in [1.82, 2.24) is 0 Å². The summed E-state index contributed by atoms with van der Waals surface area (Å²) in [6, 6.07) is 0. The molecule has 0 aliphatic rings. The summed E-state index contributed by atoms with van der Waals surface area (Å²) >= 11 is 0. The van der Waals surface area contributed by atoms with Gasteiger partial charge in [0, 0.05) is 12.2 Å². The van der Waals surface area contributed by atoms with E-state index in [4.69, 9.17) is 23.0 Å². The molecule has 150 valence electrons. The standard InChI is InChI=1S/C17H29O8P/c1-6-9-10-11-21-26(20,22-12-14(4)24-16(18)7-2)23-13-15(5)25-17(19)8-3/h7-8,14-15H,2-3,6,9-13H2,1,4-5H3. The number of carbonyl (C=O) groups is 2. The normalized spacial score (nSPS) is 15.3. The molecule has 0 aliphatic heterocycles. The molecule has 0 aliphatic carbocycles. The van der Waals surface area contributed by atoms with Crippen LogP contribution in [0.3, 0.4) is 0 Å². The van der Waals surface area contributed by atoms with Crippen LogP contribution in [0, 0.1) is 0 Å². The first kappa shape index (κ1) is 24.5. The van der Waals surface area contributed by atoms with E-state index in [9.17, 15) is 14.2 Å². The summed E-state index contributed by atoms with van der Waals surface area (Å²) in [6.45, 7) is 11.6. The van der Waals surface area contributed by atoms with Crippen LogP contribution in [0.2, 0.25) is 0 Å². The van der Waals surface area contributed by atoms with Gasteiger partial charge in [0.1, 0.15) is 12.2 Å². The largest absolute Gasteiger partial charge is 0.475 e. The molecule has 0 heterocycles. The van der Waals surface area contributed by atoms with E-state index in [1.165, 1.54) is 0 Å². The number of esters is 2. The van der Waals surface area contributed by atoms with Gasteiger partial charge in [-0.05, 0) is 20.3 Å². The molecule has 0 saturated carbocycles. The van der Waals surface area contributed by atoms with Crippen LogP contribution in [-0.2, 0) is 37.2 Å². The fourth-order valence-electron chi connectivity index (χ4n) is 1.59. The van der Waals surface area contributed by atoms with Gasteiger partial charge < -0.3 is 9.47 Å². The molecule has 0 bridgehead atoms. The fraction of sp³-hybridized carbons (Fsp3) is 0.647. The number of phosphoric acid groups is 1. The molecule has 0 aromatic heterocycles. The Kier molecular flexibility index (Phi) is 12.9. The Bertz CT molecular complexity index is 469. The molecule has 0 aromatic carbocycles. The summed E-state index contributed by atoms with van der Waals surface area (Å²) in [5, 5.41) is 0.